The first kappa shape index (κ1) is 12.0. The molecule has 94 valence electrons. The van der Waals surface area contributed by atoms with Gasteiger partial charge in [0.15, 0.2) is 4.67 Å². The number of carbonyl (C=O) groups excluding carboxylic acids is 1. The Morgan fingerprint density at radius 1 is 1.50 bits per heavy atom. The van der Waals surface area contributed by atoms with Gasteiger partial charge in [-0.1, -0.05) is 0 Å². The standard InChI is InChI=1S/C13H12BrNO2S/c14-12-11(3-5-17-12)13(16)15(10-1-2-10)7-9-4-6-18-8-9/h3-6,8,10H,1-2,7H2. The molecule has 0 radical (unpaired) electrons. The molecule has 5 heteroatoms. The Morgan fingerprint density at radius 3 is 2.89 bits per heavy atom. The van der Waals surface area contributed by atoms with Crippen molar-refractivity contribution in [1.82, 2.24) is 4.90 Å². The summed E-state index contributed by atoms with van der Waals surface area (Å²) < 4.78 is 5.66. The normalized spacial score (nSPS) is 14.7. The van der Waals surface area contributed by atoms with Crippen LogP contribution in [0.25, 0.3) is 0 Å². The monoisotopic (exact) mass is 325 g/mol. The summed E-state index contributed by atoms with van der Waals surface area (Å²) in [4.78, 5) is 14.4. The van der Waals surface area contributed by atoms with Gasteiger partial charge in [0.2, 0.25) is 0 Å². The molecule has 0 aromatic carbocycles. The second kappa shape index (κ2) is 4.90. The average Bonchev–Trinajstić information content (AvgIpc) is 2.89. The van der Waals surface area contributed by atoms with Crippen LogP contribution < -0.4 is 0 Å². The van der Waals surface area contributed by atoms with Gasteiger partial charge in [-0.05, 0) is 57.2 Å². The lowest BCUT2D eigenvalue weighted by molar-refractivity contribution is 0.0728. The number of thiophene rings is 1. The van der Waals surface area contributed by atoms with Crippen molar-refractivity contribution in [2.75, 3.05) is 0 Å². The van der Waals surface area contributed by atoms with Gasteiger partial charge in [0.1, 0.15) is 0 Å². The van der Waals surface area contributed by atoms with Gasteiger partial charge in [0, 0.05) is 12.6 Å². The van der Waals surface area contributed by atoms with Gasteiger partial charge in [0.25, 0.3) is 5.91 Å². The van der Waals surface area contributed by atoms with E-state index in [-0.39, 0.29) is 5.91 Å². The number of halogens is 1. The topological polar surface area (TPSA) is 33.5 Å². The molecular formula is C13H12BrNO2S. The summed E-state index contributed by atoms with van der Waals surface area (Å²) in [5.41, 5.74) is 1.80. The molecule has 0 N–H and O–H groups in total. The van der Waals surface area contributed by atoms with Gasteiger partial charge in [-0.3, -0.25) is 4.79 Å². The third kappa shape index (κ3) is 2.37. The maximum absolute atomic E-state index is 12.5. The quantitative estimate of drug-likeness (QED) is 0.853. The van der Waals surface area contributed by atoms with E-state index in [0.29, 0.717) is 22.8 Å². The highest BCUT2D eigenvalue weighted by Gasteiger charge is 2.34. The summed E-state index contributed by atoms with van der Waals surface area (Å²) in [5, 5.41) is 4.13. The molecule has 3 rings (SSSR count). The number of rotatable bonds is 4. The maximum Gasteiger partial charge on any atom is 0.258 e. The number of furan rings is 1. The second-order valence-corrected chi connectivity index (χ2v) is 5.90. The second-order valence-electron chi connectivity index (χ2n) is 4.40. The summed E-state index contributed by atoms with van der Waals surface area (Å²) in [6.07, 6.45) is 3.74. The Bertz CT molecular complexity index is 545. The molecule has 1 amide bonds. The van der Waals surface area contributed by atoms with Gasteiger partial charge < -0.3 is 9.32 Å². The van der Waals surface area contributed by atoms with Crippen LogP contribution in [0.4, 0.5) is 0 Å². The number of carbonyl (C=O) groups is 1. The zero-order chi connectivity index (χ0) is 12.5. The van der Waals surface area contributed by atoms with E-state index >= 15 is 0 Å². The number of amides is 1. The largest absolute Gasteiger partial charge is 0.457 e. The third-order valence-corrected chi connectivity index (χ3v) is 4.38. The lowest BCUT2D eigenvalue weighted by Crippen LogP contribution is -2.32. The summed E-state index contributed by atoms with van der Waals surface area (Å²) in [6, 6.07) is 4.17. The molecule has 1 saturated carbocycles. The van der Waals surface area contributed by atoms with Crippen LogP contribution in [-0.2, 0) is 6.54 Å². The number of nitrogens with zero attached hydrogens (tertiary/aromatic N) is 1. The van der Waals surface area contributed by atoms with E-state index in [0.717, 1.165) is 12.8 Å². The molecule has 0 spiro atoms. The lowest BCUT2D eigenvalue weighted by Gasteiger charge is -2.21. The van der Waals surface area contributed by atoms with E-state index in [4.69, 9.17) is 4.42 Å². The van der Waals surface area contributed by atoms with Gasteiger partial charge in [-0.25, -0.2) is 0 Å². The molecule has 0 aliphatic heterocycles. The SMILES string of the molecule is O=C(c1ccoc1Br)N(Cc1ccsc1)C1CC1. The minimum atomic E-state index is 0.0457. The highest BCUT2D eigenvalue weighted by molar-refractivity contribution is 9.10. The summed E-state index contributed by atoms with van der Waals surface area (Å²) in [5.74, 6) is 0.0457. The van der Waals surface area contributed by atoms with Crippen molar-refractivity contribution in [1.29, 1.82) is 0 Å². The molecule has 1 fully saturated rings. The van der Waals surface area contributed by atoms with Crippen molar-refractivity contribution < 1.29 is 9.21 Å². The van der Waals surface area contributed by atoms with Crippen LogP contribution in [-0.4, -0.2) is 16.8 Å². The van der Waals surface area contributed by atoms with Crippen molar-refractivity contribution in [2.45, 2.75) is 25.4 Å². The van der Waals surface area contributed by atoms with E-state index in [1.54, 1.807) is 17.4 Å². The first-order valence-electron chi connectivity index (χ1n) is 5.81. The average molecular weight is 326 g/mol. The first-order valence-corrected chi connectivity index (χ1v) is 7.54. The van der Waals surface area contributed by atoms with E-state index in [1.165, 1.54) is 11.8 Å². The minimum absolute atomic E-state index is 0.0457. The molecule has 0 atom stereocenters. The molecule has 18 heavy (non-hydrogen) atoms. The van der Waals surface area contributed by atoms with Crippen molar-refractivity contribution in [3.8, 4) is 0 Å². The van der Waals surface area contributed by atoms with Crippen LogP contribution in [0.15, 0.2) is 38.2 Å². The molecule has 0 saturated heterocycles. The van der Waals surface area contributed by atoms with Crippen molar-refractivity contribution >= 4 is 33.2 Å². The number of hydrogen-bond acceptors (Lipinski definition) is 3. The molecule has 2 aromatic rings. The molecule has 1 aliphatic carbocycles. The summed E-state index contributed by atoms with van der Waals surface area (Å²) >= 11 is 4.93. The Labute approximate surface area is 118 Å². The highest BCUT2D eigenvalue weighted by Crippen LogP contribution is 2.31. The molecule has 0 bridgehead atoms. The van der Waals surface area contributed by atoms with Crippen LogP contribution in [0.3, 0.4) is 0 Å². The predicted molar refractivity (Wildman–Crippen MR) is 73.6 cm³/mol. The smallest absolute Gasteiger partial charge is 0.258 e. The zero-order valence-corrected chi connectivity index (χ0v) is 12.0. The van der Waals surface area contributed by atoms with Gasteiger partial charge >= 0.3 is 0 Å². The molecule has 2 aromatic heterocycles. The van der Waals surface area contributed by atoms with E-state index < -0.39 is 0 Å². The zero-order valence-electron chi connectivity index (χ0n) is 9.64. The van der Waals surface area contributed by atoms with Crippen molar-refractivity contribution in [2.24, 2.45) is 0 Å². The highest BCUT2D eigenvalue weighted by atomic mass is 79.9. The van der Waals surface area contributed by atoms with Crippen molar-refractivity contribution in [3.05, 3.63) is 45.0 Å². The van der Waals surface area contributed by atoms with E-state index in [1.807, 2.05) is 10.3 Å². The fraction of sp³-hybridized carbons (Fsp3) is 0.308. The minimum Gasteiger partial charge on any atom is -0.457 e. The predicted octanol–water partition coefficient (Wildman–Crippen LogP) is 3.91. The van der Waals surface area contributed by atoms with Crippen molar-refractivity contribution in [3.63, 3.8) is 0 Å². The van der Waals surface area contributed by atoms with Gasteiger partial charge in [0.05, 0.1) is 11.8 Å². The number of hydrogen-bond donors (Lipinski definition) is 0. The Morgan fingerprint density at radius 2 is 2.33 bits per heavy atom. The molecule has 0 unspecified atom stereocenters. The van der Waals surface area contributed by atoms with E-state index in [9.17, 15) is 4.79 Å². The summed E-state index contributed by atoms with van der Waals surface area (Å²) in [6.45, 7) is 0.685. The molecule has 3 nitrogen and oxygen atoms in total. The molecule has 2 heterocycles. The van der Waals surface area contributed by atoms with Crippen LogP contribution in [0.1, 0.15) is 28.8 Å². The van der Waals surface area contributed by atoms with Gasteiger partial charge in [-0.15, -0.1) is 0 Å². The van der Waals surface area contributed by atoms with Crippen LogP contribution in [0.2, 0.25) is 0 Å². The Hall–Kier alpha value is -1.07. The molecule has 1 aliphatic rings. The fourth-order valence-electron chi connectivity index (χ4n) is 1.93. The first-order chi connectivity index (χ1) is 8.75. The van der Waals surface area contributed by atoms with Crippen LogP contribution in [0.5, 0.6) is 0 Å². The Balaban J connectivity index is 1.82. The fourth-order valence-corrected chi connectivity index (χ4v) is 3.00. The molecular weight excluding hydrogens is 314 g/mol. The van der Waals surface area contributed by atoms with Gasteiger partial charge in [-0.2, -0.15) is 11.3 Å². The van der Waals surface area contributed by atoms with Crippen LogP contribution >= 0.6 is 27.3 Å². The van der Waals surface area contributed by atoms with E-state index in [2.05, 4.69) is 27.4 Å². The van der Waals surface area contributed by atoms with Crippen LogP contribution in [0, 0.1) is 0 Å². The maximum atomic E-state index is 12.5. The third-order valence-electron chi connectivity index (χ3n) is 3.03. The lowest BCUT2D eigenvalue weighted by atomic mass is 10.2. The summed E-state index contributed by atoms with van der Waals surface area (Å²) in [7, 11) is 0. The Kier molecular flexibility index (Phi) is 3.26.